The molecule has 0 aromatic rings. The molecule has 20 heavy (non-hydrogen) atoms. The van der Waals surface area contributed by atoms with Gasteiger partial charge < -0.3 is 15.1 Å². The Labute approximate surface area is 122 Å². The van der Waals surface area contributed by atoms with Gasteiger partial charge in [0.25, 0.3) is 0 Å². The summed E-state index contributed by atoms with van der Waals surface area (Å²) in [5, 5.41) is 3.29. The smallest absolute Gasteiger partial charge is 0.0944 e. The second-order valence-corrected chi connectivity index (χ2v) is 5.99. The molecule has 0 radical (unpaired) electrons. The number of rotatable bonds is 2. The van der Waals surface area contributed by atoms with Crippen molar-refractivity contribution in [1.82, 2.24) is 15.1 Å². The van der Waals surface area contributed by atoms with Gasteiger partial charge in [-0.3, -0.25) is 0 Å². The highest BCUT2D eigenvalue weighted by Gasteiger charge is 2.29. The minimum Gasteiger partial charge on any atom is -0.361 e. The highest BCUT2D eigenvalue weighted by Crippen LogP contribution is 2.32. The van der Waals surface area contributed by atoms with E-state index in [1.165, 1.54) is 43.5 Å². The minimum absolute atomic E-state index is 0.747. The molecule has 1 N–H and O–H groups in total. The van der Waals surface area contributed by atoms with Gasteiger partial charge >= 0.3 is 0 Å². The van der Waals surface area contributed by atoms with Crippen LogP contribution in [-0.2, 0) is 0 Å². The molecule has 3 rings (SSSR count). The molecule has 3 nitrogen and oxygen atoms in total. The number of hydrogen-bond acceptors (Lipinski definition) is 3. The number of dihydropyridines is 1. The molecular weight excluding hydrogens is 246 g/mol. The molecule has 0 aromatic carbocycles. The minimum atomic E-state index is 0.747. The van der Waals surface area contributed by atoms with Gasteiger partial charge in [0.05, 0.1) is 12.4 Å². The predicted octanol–water partition coefficient (Wildman–Crippen LogP) is 3.66. The highest BCUT2D eigenvalue weighted by molar-refractivity contribution is 5.29. The van der Waals surface area contributed by atoms with Crippen molar-refractivity contribution in [2.75, 3.05) is 6.67 Å². The normalized spacial score (nSPS) is 25.8. The maximum absolute atomic E-state index is 3.29. The molecule has 1 aliphatic carbocycles. The van der Waals surface area contributed by atoms with Crippen molar-refractivity contribution in [2.24, 2.45) is 0 Å². The zero-order chi connectivity index (χ0) is 13.9. The maximum atomic E-state index is 3.29. The third kappa shape index (κ3) is 2.62. The quantitative estimate of drug-likeness (QED) is 0.827. The topological polar surface area (TPSA) is 18.5 Å². The Hall–Kier alpha value is -1.64. The number of allylic oxidation sites excluding steroid dienone is 5. The summed E-state index contributed by atoms with van der Waals surface area (Å²) in [6.07, 6.45) is 17.3. The summed E-state index contributed by atoms with van der Waals surface area (Å²) in [6, 6.07) is 0.747. The van der Waals surface area contributed by atoms with Crippen LogP contribution in [0, 0.1) is 0 Å². The molecule has 0 aromatic heterocycles. The molecule has 1 fully saturated rings. The van der Waals surface area contributed by atoms with Gasteiger partial charge in [0.1, 0.15) is 0 Å². The number of nitrogens with zero attached hydrogens (tertiary/aromatic N) is 2. The lowest BCUT2D eigenvalue weighted by atomic mass is 9.94. The van der Waals surface area contributed by atoms with E-state index < -0.39 is 0 Å². The second kappa shape index (κ2) is 5.78. The van der Waals surface area contributed by atoms with E-state index in [0.29, 0.717) is 0 Å². The lowest BCUT2D eigenvalue weighted by Crippen LogP contribution is -2.36. The molecule has 0 bridgehead atoms. The fourth-order valence-corrected chi connectivity index (χ4v) is 3.37. The van der Waals surface area contributed by atoms with E-state index in [1.807, 2.05) is 12.3 Å². The van der Waals surface area contributed by atoms with Crippen molar-refractivity contribution >= 4 is 0 Å². The third-order valence-electron chi connectivity index (χ3n) is 4.73. The third-order valence-corrected chi connectivity index (χ3v) is 4.73. The van der Waals surface area contributed by atoms with Gasteiger partial charge in [-0.1, -0.05) is 25.3 Å². The first-order valence-electron chi connectivity index (χ1n) is 7.78. The van der Waals surface area contributed by atoms with Crippen molar-refractivity contribution in [2.45, 2.75) is 52.0 Å². The van der Waals surface area contributed by atoms with Crippen LogP contribution in [0.15, 0.2) is 47.7 Å². The molecule has 0 atom stereocenters. The van der Waals surface area contributed by atoms with Gasteiger partial charge in [0.15, 0.2) is 0 Å². The van der Waals surface area contributed by atoms with Gasteiger partial charge in [-0.2, -0.15) is 0 Å². The summed E-state index contributed by atoms with van der Waals surface area (Å²) in [4.78, 5) is 4.98. The predicted molar refractivity (Wildman–Crippen MR) is 83.3 cm³/mol. The molecule has 3 aliphatic rings. The lowest BCUT2D eigenvalue weighted by molar-refractivity contribution is 0.181. The van der Waals surface area contributed by atoms with Crippen LogP contribution in [0.5, 0.6) is 0 Å². The summed E-state index contributed by atoms with van der Waals surface area (Å²) >= 11 is 0. The van der Waals surface area contributed by atoms with Crippen molar-refractivity contribution in [3.8, 4) is 0 Å². The second-order valence-electron chi connectivity index (χ2n) is 5.99. The molecule has 2 heterocycles. The fraction of sp³-hybridized carbons (Fsp3) is 0.529. The van der Waals surface area contributed by atoms with Crippen LogP contribution < -0.4 is 5.32 Å². The van der Waals surface area contributed by atoms with Crippen LogP contribution in [-0.4, -0.2) is 22.5 Å². The van der Waals surface area contributed by atoms with Crippen LogP contribution in [0.1, 0.15) is 46.0 Å². The van der Waals surface area contributed by atoms with Crippen molar-refractivity contribution in [3.05, 3.63) is 47.7 Å². The Morgan fingerprint density at radius 1 is 1.10 bits per heavy atom. The fourth-order valence-electron chi connectivity index (χ4n) is 3.37. The van der Waals surface area contributed by atoms with Gasteiger partial charge in [0, 0.05) is 29.8 Å². The summed E-state index contributed by atoms with van der Waals surface area (Å²) in [6.45, 7) is 5.51. The van der Waals surface area contributed by atoms with E-state index in [4.69, 9.17) is 0 Å². The van der Waals surface area contributed by atoms with Crippen LogP contribution in [0.3, 0.4) is 0 Å². The molecule has 2 aliphatic heterocycles. The molecule has 1 saturated carbocycles. The summed E-state index contributed by atoms with van der Waals surface area (Å²) in [5.74, 6) is 0. The van der Waals surface area contributed by atoms with Crippen LogP contribution in [0.25, 0.3) is 0 Å². The number of nitrogens with one attached hydrogen (secondary N) is 1. The molecule has 0 spiro atoms. The average molecular weight is 271 g/mol. The van der Waals surface area contributed by atoms with E-state index >= 15 is 0 Å². The Morgan fingerprint density at radius 2 is 1.90 bits per heavy atom. The van der Waals surface area contributed by atoms with E-state index in [9.17, 15) is 0 Å². The Balaban J connectivity index is 1.72. The Morgan fingerprint density at radius 3 is 2.60 bits per heavy atom. The van der Waals surface area contributed by atoms with E-state index in [0.717, 1.165) is 18.4 Å². The van der Waals surface area contributed by atoms with E-state index in [2.05, 4.69) is 47.3 Å². The Bertz CT molecular complexity index is 478. The summed E-state index contributed by atoms with van der Waals surface area (Å²) in [7, 11) is 0. The first kappa shape index (κ1) is 13.3. The van der Waals surface area contributed by atoms with Crippen molar-refractivity contribution in [1.29, 1.82) is 0 Å². The molecule has 0 amide bonds. The molecule has 108 valence electrons. The van der Waals surface area contributed by atoms with Crippen LogP contribution in [0.2, 0.25) is 0 Å². The molecular formula is C17H25N3. The van der Waals surface area contributed by atoms with Gasteiger partial charge in [0.2, 0.25) is 0 Å². The summed E-state index contributed by atoms with van der Waals surface area (Å²) < 4.78 is 0. The zero-order valence-corrected chi connectivity index (χ0v) is 12.6. The van der Waals surface area contributed by atoms with Gasteiger partial charge in [-0.05, 0) is 38.8 Å². The first-order chi connectivity index (χ1) is 9.75. The largest absolute Gasteiger partial charge is 0.361 e. The monoisotopic (exact) mass is 271 g/mol. The number of hydrogen-bond donors (Lipinski definition) is 1. The molecule has 0 saturated heterocycles. The lowest BCUT2D eigenvalue weighted by Gasteiger charge is -2.34. The Kier molecular flexibility index (Phi) is 3.86. The van der Waals surface area contributed by atoms with Crippen LogP contribution >= 0.6 is 0 Å². The summed E-state index contributed by atoms with van der Waals surface area (Å²) in [5.41, 5.74) is 3.99. The maximum Gasteiger partial charge on any atom is 0.0944 e. The van der Waals surface area contributed by atoms with Crippen molar-refractivity contribution in [3.63, 3.8) is 0 Å². The van der Waals surface area contributed by atoms with E-state index in [1.54, 1.807) is 0 Å². The molecule has 3 heteroatoms. The van der Waals surface area contributed by atoms with Gasteiger partial charge in [-0.15, -0.1) is 0 Å². The standard InChI is InChI=1S/C17H25N3/c1-14-15(2)20(17-9-4-3-5-10-17)13-19(14)12-16-8-6-7-11-18-16/h6-8,11-12,17-18H,3-5,9-10,13H2,1-2H3/b16-12-. The highest BCUT2D eigenvalue weighted by atomic mass is 15.4. The first-order valence-corrected chi connectivity index (χ1v) is 7.78. The van der Waals surface area contributed by atoms with Gasteiger partial charge in [-0.25, -0.2) is 0 Å². The van der Waals surface area contributed by atoms with Crippen molar-refractivity contribution < 1.29 is 0 Å². The SMILES string of the molecule is CC1=C(C)N(C2CCCCC2)CN1/C=C1/C=CC=CN1. The average Bonchev–Trinajstić information content (AvgIpc) is 2.78. The van der Waals surface area contributed by atoms with E-state index in [-0.39, 0.29) is 0 Å². The zero-order valence-electron chi connectivity index (χ0n) is 12.6. The molecule has 0 unspecified atom stereocenters. The van der Waals surface area contributed by atoms with Crippen LogP contribution in [0.4, 0.5) is 0 Å².